The Morgan fingerprint density at radius 1 is 1.30 bits per heavy atom. The Balaban J connectivity index is 1.19. The monoisotopic (exact) mass is 353 g/mol. The lowest BCUT2D eigenvalue weighted by atomic mass is 9.93. The second-order valence-corrected chi connectivity index (χ2v) is 10.2. The van der Waals surface area contributed by atoms with E-state index in [2.05, 4.69) is 35.7 Å². The van der Waals surface area contributed by atoms with E-state index in [1.54, 1.807) is 0 Å². The van der Waals surface area contributed by atoms with Gasteiger partial charge in [-0.1, -0.05) is 0 Å². The largest absolute Gasteiger partial charge is 0.381 e. The predicted octanol–water partition coefficient (Wildman–Crippen LogP) is 3.56. The number of hydrogen-bond acceptors (Lipinski definition) is 5. The molecule has 4 heterocycles. The Kier molecular flexibility index (Phi) is 5.02. The maximum absolute atomic E-state index is 6.24. The van der Waals surface area contributed by atoms with E-state index in [4.69, 9.17) is 9.47 Å². The Bertz CT molecular complexity index is 521. The molecule has 1 spiro atoms. The fourth-order valence-electron chi connectivity index (χ4n) is 3.99. The molecule has 0 amide bonds. The Hall–Kier alpha value is -0.0700. The van der Waals surface area contributed by atoms with Gasteiger partial charge in [0.25, 0.3) is 0 Å². The molecular formula is C18H27NO2S2. The summed E-state index contributed by atoms with van der Waals surface area (Å²) in [4.78, 5) is 5.53. The molecule has 0 aliphatic carbocycles. The van der Waals surface area contributed by atoms with Gasteiger partial charge in [-0.25, -0.2) is 0 Å². The van der Waals surface area contributed by atoms with Crippen LogP contribution in [-0.2, 0) is 16.0 Å². The zero-order valence-electron chi connectivity index (χ0n) is 14.0. The molecule has 4 rings (SSSR count). The lowest BCUT2D eigenvalue weighted by Gasteiger charge is -2.47. The van der Waals surface area contributed by atoms with Crippen molar-refractivity contribution in [2.24, 2.45) is 5.92 Å². The molecule has 3 saturated heterocycles. The van der Waals surface area contributed by atoms with Crippen LogP contribution in [0.25, 0.3) is 0 Å². The minimum Gasteiger partial charge on any atom is -0.381 e. The maximum Gasteiger partial charge on any atom is 0.0680 e. The quantitative estimate of drug-likeness (QED) is 0.807. The SMILES string of the molecule is Cc1ccc(CN2CC3(CC(OCC4CCOCC4)CS3)C2)s1. The summed E-state index contributed by atoms with van der Waals surface area (Å²) in [7, 11) is 0. The number of aryl methyl sites for hydroxylation is 1. The van der Waals surface area contributed by atoms with Crippen LogP contribution in [0, 0.1) is 12.8 Å². The van der Waals surface area contributed by atoms with Crippen molar-refractivity contribution in [2.45, 2.75) is 43.6 Å². The van der Waals surface area contributed by atoms with E-state index in [-0.39, 0.29) is 0 Å². The molecule has 1 aromatic heterocycles. The van der Waals surface area contributed by atoms with E-state index in [9.17, 15) is 0 Å². The average Bonchev–Trinajstić information content (AvgIpc) is 3.13. The smallest absolute Gasteiger partial charge is 0.0680 e. The molecule has 0 N–H and O–H groups in total. The number of thioether (sulfide) groups is 1. The highest BCUT2D eigenvalue weighted by atomic mass is 32.2. The van der Waals surface area contributed by atoms with Crippen molar-refractivity contribution in [2.75, 3.05) is 38.7 Å². The minimum absolute atomic E-state index is 0.481. The summed E-state index contributed by atoms with van der Waals surface area (Å²) in [5.41, 5.74) is 0. The van der Waals surface area contributed by atoms with Gasteiger partial charge in [0.15, 0.2) is 0 Å². The number of hydrogen-bond donors (Lipinski definition) is 0. The van der Waals surface area contributed by atoms with Gasteiger partial charge in [-0.2, -0.15) is 0 Å². The van der Waals surface area contributed by atoms with Gasteiger partial charge in [0, 0.05) is 59.7 Å². The minimum atomic E-state index is 0.481. The van der Waals surface area contributed by atoms with Gasteiger partial charge >= 0.3 is 0 Å². The van der Waals surface area contributed by atoms with Crippen molar-refractivity contribution in [3.63, 3.8) is 0 Å². The first-order valence-electron chi connectivity index (χ1n) is 8.82. The van der Waals surface area contributed by atoms with Gasteiger partial charge in [0.1, 0.15) is 0 Å². The van der Waals surface area contributed by atoms with Gasteiger partial charge in [-0.15, -0.1) is 23.1 Å². The van der Waals surface area contributed by atoms with E-state index in [0.717, 1.165) is 32.3 Å². The lowest BCUT2D eigenvalue weighted by Crippen LogP contribution is -2.58. The summed E-state index contributed by atoms with van der Waals surface area (Å²) in [5.74, 6) is 1.92. The van der Waals surface area contributed by atoms with Crippen molar-refractivity contribution < 1.29 is 9.47 Å². The van der Waals surface area contributed by atoms with Gasteiger partial charge < -0.3 is 9.47 Å². The van der Waals surface area contributed by atoms with Crippen LogP contribution in [0.15, 0.2) is 12.1 Å². The zero-order chi connectivity index (χ0) is 15.7. The third-order valence-electron chi connectivity index (χ3n) is 5.28. The van der Waals surface area contributed by atoms with Crippen LogP contribution in [0.4, 0.5) is 0 Å². The van der Waals surface area contributed by atoms with Crippen LogP contribution in [0.5, 0.6) is 0 Å². The van der Waals surface area contributed by atoms with Gasteiger partial charge in [0.05, 0.1) is 6.10 Å². The molecule has 3 fully saturated rings. The molecule has 0 saturated carbocycles. The molecule has 0 radical (unpaired) electrons. The van der Waals surface area contributed by atoms with Crippen molar-refractivity contribution in [3.05, 3.63) is 21.9 Å². The van der Waals surface area contributed by atoms with Crippen LogP contribution in [0.1, 0.15) is 29.0 Å². The molecule has 3 nitrogen and oxygen atoms in total. The van der Waals surface area contributed by atoms with Crippen molar-refractivity contribution in [1.82, 2.24) is 4.90 Å². The summed E-state index contributed by atoms with van der Waals surface area (Å²) in [5, 5.41) is 0. The average molecular weight is 354 g/mol. The topological polar surface area (TPSA) is 21.7 Å². The summed E-state index contributed by atoms with van der Waals surface area (Å²) >= 11 is 4.10. The fraction of sp³-hybridized carbons (Fsp3) is 0.778. The first-order valence-corrected chi connectivity index (χ1v) is 10.6. The second-order valence-electron chi connectivity index (χ2n) is 7.37. The highest BCUT2D eigenvalue weighted by molar-refractivity contribution is 8.01. The van der Waals surface area contributed by atoms with Crippen LogP contribution >= 0.6 is 23.1 Å². The Labute approximate surface area is 147 Å². The number of thiophene rings is 1. The highest BCUT2D eigenvalue weighted by Crippen LogP contribution is 2.46. The first-order chi connectivity index (χ1) is 11.2. The zero-order valence-corrected chi connectivity index (χ0v) is 15.6. The molecular weight excluding hydrogens is 326 g/mol. The van der Waals surface area contributed by atoms with Crippen molar-refractivity contribution in [3.8, 4) is 0 Å². The number of nitrogens with zero attached hydrogens (tertiary/aromatic N) is 1. The maximum atomic E-state index is 6.24. The molecule has 128 valence electrons. The molecule has 3 aliphatic rings. The molecule has 3 aliphatic heterocycles. The van der Waals surface area contributed by atoms with Crippen LogP contribution in [0.3, 0.4) is 0 Å². The second kappa shape index (κ2) is 7.04. The molecule has 23 heavy (non-hydrogen) atoms. The van der Waals surface area contributed by atoms with Crippen LogP contribution < -0.4 is 0 Å². The standard InChI is InChI=1S/C18H27NO2S2/c1-14-2-3-17(23-14)9-19-12-18(13-19)8-16(11-22-18)21-10-15-4-6-20-7-5-15/h2-3,15-16H,4-13H2,1H3. The van der Waals surface area contributed by atoms with Crippen LogP contribution in [-0.4, -0.2) is 54.4 Å². The predicted molar refractivity (Wildman–Crippen MR) is 97.4 cm³/mol. The Morgan fingerprint density at radius 2 is 2.13 bits per heavy atom. The molecule has 0 aromatic carbocycles. The van der Waals surface area contributed by atoms with Gasteiger partial charge in [-0.3, -0.25) is 4.90 Å². The molecule has 5 heteroatoms. The summed E-state index contributed by atoms with van der Waals surface area (Å²) in [6.07, 6.45) is 4.09. The Morgan fingerprint density at radius 3 is 2.87 bits per heavy atom. The third kappa shape index (κ3) is 3.96. The summed E-state index contributed by atoms with van der Waals surface area (Å²) < 4.78 is 12.2. The lowest BCUT2D eigenvalue weighted by molar-refractivity contribution is -0.0132. The van der Waals surface area contributed by atoms with E-state index >= 15 is 0 Å². The third-order valence-corrected chi connectivity index (χ3v) is 7.84. The highest BCUT2D eigenvalue weighted by Gasteiger charge is 2.49. The summed E-state index contributed by atoms with van der Waals surface area (Å²) in [6, 6.07) is 4.52. The van der Waals surface area contributed by atoms with E-state index in [0.29, 0.717) is 10.9 Å². The number of likely N-dealkylation sites (tertiary alicyclic amines) is 1. The molecule has 1 atom stereocenters. The normalized spacial score (nSPS) is 28.3. The van der Waals surface area contributed by atoms with Crippen LogP contribution in [0.2, 0.25) is 0 Å². The van der Waals surface area contributed by atoms with Gasteiger partial charge in [-0.05, 0) is 44.2 Å². The van der Waals surface area contributed by atoms with E-state index in [1.165, 1.54) is 47.9 Å². The molecule has 1 unspecified atom stereocenters. The molecule has 1 aromatic rings. The number of rotatable bonds is 5. The molecule has 0 bridgehead atoms. The van der Waals surface area contributed by atoms with Gasteiger partial charge in [0.2, 0.25) is 0 Å². The summed E-state index contributed by atoms with van der Waals surface area (Å²) in [6.45, 7) is 8.61. The van der Waals surface area contributed by atoms with Crippen molar-refractivity contribution in [1.29, 1.82) is 0 Å². The number of ether oxygens (including phenoxy) is 2. The van der Waals surface area contributed by atoms with E-state index < -0.39 is 0 Å². The van der Waals surface area contributed by atoms with Crippen molar-refractivity contribution >= 4 is 23.1 Å². The fourth-order valence-corrected chi connectivity index (χ4v) is 6.52. The van der Waals surface area contributed by atoms with E-state index in [1.807, 2.05) is 11.3 Å². The first kappa shape index (κ1) is 16.4.